The summed E-state index contributed by atoms with van der Waals surface area (Å²) in [5.74, 6) is -0.0749. The molecular formula is C16H21N3O2S. The van der Waals surface area contributed by atoms with Gasteiger partial charge in [-0.15, -0.1) is 0 Å². The Labute approximate surface area is 134 Å². The first kappa shape index (κ1) is 16.6. The number of aliphatic hydroxyl groups is 1. The number of benzene rings is 1. The number of nitrogens with one attached hydrogen (secondary N) is 1. The quantitative estimate of drug-likeness (QED) is 0.802. The monoisotopic (exact) mass is 319 g/mol. The summed E-state index contributed by atoms with van der Waals surface area (Å²) < 4.78 is 1.93. The molecule has 22 heavy (non-hydrogen) atoms. The van der Waals surface area contributed by atoms with Gasteiger partial charge in [0, 0.05) is 30.2 Å². The zero-order valence-electron chi connectivity index (χ0n) is 13.0. The summed E-state index contributed by atoms with van der Waals surface area (Å²) in [5.41, 5.74) is 1.45. The molecule has 0 aliphatic carbocycles. The molecule has 1 atom stereocenters. The van der Waals surface area contributed by atoms with Crippen molar-refractivity contribution in [3.8, 4) is 5.69 Å². The van der Waals surface area contributed by atoms with E-state index >= 15 is 0 Å². The number of imidazole rings is 1. The van der Waals surface area contributed by atoms with Crippen LogP contribution in [0.4, 0.5) is 0 Å². The van der Waals surface area contributed by atoms with Gasteiger partial charge in [-0.1, -0.05) is 31.7 Å². The van der Waals surface area contributed by atoms with Crippen molar-refractivity contribution in [2.45, 2.75) is 25.1 Å². The number of rotatable bonds is 6. The Bertz CT molecular complexity index is 640. The van der Waals surface area contributed by atoms with Crippen LogP contribution in [-0.2, 0) is 0 Å². The molecule has 0 aliphatic rings. The molecule has 6 heteroatoms. The lowest BCUT2D eigenvalue weighted by molar-refractivity contribution is 0.0871. The first-order valence-electron chi connectivity index (χ1n) is 7.17. The van der Waals surface area contributed by atoms with Crippen molar-refractivity contribution < 1.29 is 9.90 Å². The van der Waals surface area contributed by atoms with Crippen LogP contribution in [0.3, 0.4) is 0 Å². The number of aromatic nitrogens is 2. The number of hydrogen-bond acceptors (Lipinski definition) is 4. The minimum Gasteiger partial charge on any atom is -0.391 e. The Morgan fingerprint density at radius 1 is 1.45 bits per heavy atom. The van der Waals surface area contributed by atoms with E-state index in [2.05, 4.69) is 10.3 Å². The van der Waals surface area contributed by atoms with Crippen LogP contribution < -0.4 is 5.32 Å². The maximum Gasteiger partial charge on any atom is 0.251 e. The standard InChI is InChI=1S/C16H21N3O2S/c1-11(2)14(20)10-18-15(21)12-5-4-6-13(9-12)19-8-7-17-16(19)22-3/h4-9,11,14,20H,10H2,1-3H3,(H,18,21). The normalized spacial score (nSPS) is 12.4. The smallest absolute Gasteiger partial charge is 0.251 e. The van der Waals surface area contributed by atoms with Crippen molar-refractivity contribution in [3.63, 3.8) is 0 Å². The first-order chi connectivity index (χ1) is 10.5. The molecule has 0 aliphatic heterocycles. The number of amides is 1. The number of nitrogens with zero attached hydrogens (tertiary/aromatic N) is 2. The SMILES string of the molecule is CSc1nccn1-c1cccc(C(=O)NCC(O)C(C)C)c1. The van der Waals surface area contributed by atoms with Crippen LogP contribution in [0.15, 0.2) is 41.8 Å². The molecule has 1 heterocycles. The minimum atomic E-state index is -0.538. The molecule has 0 spiro atoms. The van der Waals surface area contributed by atoms with Crippen molar-refractivity contribution in [2.24, 2.45) is 5.92 Å². The highest BCUT2D eigenvalue weighted by atomic mass is 32.2. The maximum atomic E-state index is 12.2. The Kier molecular flexibility index (Phi) is 5.63. The second-order valence-electron chi connectivity index (χ2n) is 5.36. The summed E-state index contributed by atoms with van der Waals surface area (Å²) >= 11 is 1.55. The van der Waals surface area contributed by atoms with E-state index in [-0.39, 0.29) is 18.4 Å². The molecule has 0 saturated carbocycles. The van der Waals surface area contributed by atoms with Gasteiger partial charge in [0.1, 0.15) is 0 Å². The molecule has 0 radical (unpaired) electrons. The summed E-state index contributed by atoms with van der Waals surface area (Å²) in [7, 11) is 0. The molecule has 1 unspecified atom stereocenters. The van der Waals surface area contributed by atoms with Crippen LogP contribution in [0.25, 0.3) is 5.69 Å². The number of thioether (sulfide) groups is 1. The Morgan fingerprint density at radius 3 is 2.91 bits per heavy atom. The van der Waals surface area contributed by atoms with Crippen LogP contribution in [0.1, 0.15) is 24.2 Å². The lowest BCUT2D eigenvalue weighted by atomic mass is 10.1. The average molecular weight is 319 g/mol. The van der Waals surface area contributed by atoms with Crippen molar-refractivity contribution >= 4 is 17.7 Å². The van der Waals surface area contributed by atoms with Gasteiger partial charge in [-0.25, -0.2) is 4.98 Å². The number of carbonyl (C=O) groups is 1. The van der Waals surface area contributed by atoms with Crippen LogP contribution in [0.5, 0.6) is 0 Å². The molecule has 0 fully saturated rings. The lowest BCUT2D eigenvalue weighted by Crippen LogP contribution is -2.34. The van der Waals surface area contributed by atoms with Gasteiger partial charge in [0.25, 0.3) is 5.91 Å². The highest BCUT2D eigenvalue weighted by molar-refractivity contribution is 7.98. The zero-order valence-corrected chi connectivity index (χ0v) is 13.8. The minimum absolute atomic E-state index is 0.113. The molecular weight excluding hydrogens is 298 g/mol. The zero-order chi connectivity index (χ0) is 16.1. The highest BCUT2D eigenvalue weighted by Gasteiger charge is 2.13. The largest absolute Gasteiger partial charge is 0.391 e. The molecule has 2 rings (SSSR count). The van der Waals surface area contributed by atoms with E-state index in [0.717, 1.165) is 10.8 Å². The molecule has 0 saturated heterocycles. The third kappa shape index (κ3) is 3.90. The fourth-order valence-corrected chi connectivity index (χ4v) is 2.50. The van der Waals surface area contributed by atoms with E-state index in [1.165, 1.54) is 0 Å². The van der Waals surface area contributed by atoms with Gasteiger partial charge in [0.2, 0.25) is 0 Å². The lowest BCUT2D eigenvalue weighted by Gasteiger charge is -2.15. The molecule has 2 aromatic rings. The predicted octanol–water partition coefficient (Wildman–Crippen LogP) is 2.34. The summed E-state index contributed by atoms with van der Waals surface area (Å²) in [6.07, 6.45) is 5.02. The van der Waals surface area contributed by atoms with E-state index in [9.17, 15) is 9.90 Å². The van der Waals surface area contributed by atoms with E-state index in [4.69, 9.17) is 0 Å². The van der Waals surface area contributed by atoms with Crippen molar-refractivity contribution in [3.05, 3.63) is 42.2 Å². The van der Waals surface area contributed by atoms with Gasteiger partial charge >= 0.3 is 0 Å². The molecule has 0 bridgehead atoms. The van der Waals surface area contributed by atoms with E-state index in [1.807, 2.05) is 49.1 Å². The Morgan fingerprint density at radius 2 is 2.23 bits per heavy atom. The number of hydrogen-bond donors (Lipinski definition) is 2. The first-order valence-corrected chi connectivity index (χ1v) is 8.39. The van der Waals surface area contributed by atoms with E-state index in [1.54, 1.807) is 24.0 Å². The van der Waals surface area contributed by atoms with E-state index in [0.29, 0.717) is 5.56 Å². The summed E-state index contributed by atoms with van der Waals surface area (Å²) in [5, 5.41) is 13.4. The maximum absolute atomic E-state index is 12.2. The van der Waals surface area contributed by atoms with Crippen molar-refractivity contribution in [1.29, 1.82) is 0 Å². The summed E-state index contributed by atoms with van der Waals surface area (Å²) in [6, 6.07) is 7.35. The Balaban J connectivity index is 2.13. The van der Waals surface area contributed by atoms with Crippen LogP contribution in [0.2, 0.25) is 0 Å². The van der Waals surface area contributed by atoms with Gasteiger partial charge in [-0.2, -0.15) is 0 Å². The van der Waals surface area contributed by atoms with Gasteiger partial charge in [-0.3, -0.25) is 9.36 Å². The predicted molar refractivity (Wildman–Crippen MR) is 88.5 cm³/mol. The molecule has 5 nitrogen and oxygen atoms in total. The number of aliphatic hydroxyl groups excluding tert-OH is 1. The summed E-state index contributed by atoms with van der Waals surface area (Å²) in [4.78, 5) is 16.5. The highest BCUT2D eigenvalue weighted by Crippen LogP contribution is 2.18. The fourth-order valence-electron chi connectivity index (χ4n) is 1.97. The van der Waals surface area contributed by atoms with Gasteiger partial charge in [0.15, 0.2) is 5.16 Å². The van der Waals surface area contributed by atoms with Crippen LogP contribution in [-0.4, -0.2) is 39.5 Å². The van der Waals surface area contributed by atoms with Crippen molar-refractivity contribution in [2.75, 3.05) is 12.8 Å². The molecule has 118 valence electrons. The molecule has 1 amide bonds. The van der Waals surface area contributed by atoms with Gasteiger partial charge < -0.3 is 10.4 Å². The molecule has 1 aromatic heterocycles. The third-order valence-corrected chi connectivity index (χ3v) is 4.08. The second kappa shape index (κ2) is 7.47. The topological polar surface area (TPSA) is 67.2 Å². The Hall–Kier alpha value is -1.79. The average Bonchev–Trinajstić information content (AvgIpc) is 3.00. The fraction of sp³-hybridized carbons (Fsp3) is 0.375. The summed E-state index contributed by atoms with van der Waals surface area (Å²) in [6.45, 7) is 4.09. The molecule has 2 N–H and O–H groups in total. The van der Waals surface area contributed by atoms with Crippen LogP contribution >= 0.6 is 11.8 Å². The van der Waals surface area contributed by atoms with Gasteiger partial charge in [-0.05, 0) is 30.4 Å². The third-order valence-electron chi connectivity index (χ3n) is 3.42. The van der Waals surface area contributed by atoms with E-state index < -0.39 is 6.10 Å². The van der Waals surface area contributed by atoms with Crippen LogP contribution in [0, 0.1) is 5.92 Å². The second-order valence-corrected chi connectivity index (χ2v) is 6.13. The number of carbonyl (C=O) groups excluding carboxylic acids is 1. The molecule has 1 aromatic carbocycles. The van der Waals surface area contributed by atoms with Crippen molar-refractivity contribution in [1.82, 2.24) is 14.9 Å². The van der Waals surface area contributed by atoms with Gasteiger partial charge in [0.05, 0.1) is 6.10 Å².